The van der Waals surface area contributed by atoms with Crippen LogP contribution in [-0.4, -0.2) is 29.9 Å². The molecule has 240 valence electrons. The lowest BCUT2D eigenvalue weighted by Crippen LogP contribution is -2.41. The van der Waals surface area contributed by atoms with E-state index >= 15 is 0 Å². The van der Waals surface area contributed by atoms with Gasteiger partial charge in [-0.1, -0.05) is 64.9 Å². The number of rotatable bonds is 9. The molecule has 1 aromatic heterocycles. The molecule has 0 unspecified atom stereocenters. The van der Waals surface area contributed by atoms with Gasteiger partial charge in [-0.3, -0.25) is 9.36 Å². The number of hydrogen-bond acceptors (Lipinski definition) is 7. The number of thiazole rings is 1. The molecule has 0 N–H and O–H groups in total. The molecule has 0 spiro atoms. The second-order valence-electron chi connectivity index (χ2n) is 9.76. The van der Waals surface area contributed by atoms with Crippen LogP contribution in [0, 0.1) is 3.57 Å². The summed E-state index contributed by atoms with van der Waals surface area (Å²) in [5.74, 6) is -0.350. The number of ether oxygens (including phenoxy) is 3. The monoisotopic (exact) mass is 802 g/mol. The van der Waals surface area contributed by atoms with E-state index < -0.39 is 35.0 Å². The van der Waals surface area contributed by atoms with Crippen molar-refractivity contribution in [3.05, 3.63) is 122 Å². The highest BCUT2D eigenvalue weighted by Crippen LogP contribution is 2.39. The summed E-state index contributed by atoms with van der Waals surface area (Å²) in [5.41, 5.74) is -1.31. The molecule has 2 heterocycles. The number of fused-ring (bicyclic) bond motifs is 1. The summed E-state index contributed by atoms with van der Waals surface area (Å²) >= 11 is 15.2. The summed E-state index contributed by atoms with van der Waals surface area (Å²) in [6, 6.07) is 15.1. The van der Waals surface area contributed by atoms with E-state index in [4.69, 9.17) is 37.4 Å². The molecule has 1 aliphatic rings. The van der Waals surface area contributed by atoms with Gasteiger partial charge in [0.15, 0.2) is 22.0 Å². The van der Waals surface area contributed by atoms with E-state index in [2.05, 4.69) is 27.6 Å². The molecule has 1 aliphatic heterocycles. The fourth-order valence-corrected chi connectivity index (χ4v) is 6.89. The molecule has 0 saturated heterocycles. The van der Waals surface area contributed by atoms with Gasteiger partial charge in [0.05, 0.1) is 32.9 Å². The molecule has 5 rings (SSSR count). The van der Waals surface area contributed by atoms with E-state index in [-0.39, 0.29) is 28.1 Å². The Hall–Kier alpha value is -3.33. The first-order valence-corrected chi connectivity index (χ1v) is 16.5. The third kappa shape index (κ3) is 7.14. The number of aromatic nitrogens is 1. The van der Waals surface area contributed by atoms with Crippen LogP contribution < -0.4 is 24.4 Å². The fourth-order valence-electron chi connectivity index (χ4n) is 4.79. The molecular weight excluding hydrogens is 779 g/mol. The van der Waals surface area contributed by atoms with E-state index in [1.165, 1.54) is 37.3 Å². The van der Waals surface area contributed by atoms with Crippen molar-refractivity contribution in [1.82, 2.24) is 4.57 Å². The smallest absolute Gasteiger partial charge is 0.434 e. The largest absolute Gasteiger partial charge is 0.490 e. The van der Waals surface area contributed by atoms with Gasteiger partial charge in [0.1, 0.15) is 6.61 Å². The Morgan fingerprint density at radius 1 is 1.07 bits per heavy atom. The van der Waals surface area contributed by atoms with Crippen LogP contribution in [0.5, 0.6) is 11.5 Å². The predicted molar refractivity (Wildman–Crippen MR) is 178 cm³/mol. The maximum absolute atomic E-state index is 14.4. The fraction of sp³-hybridized carbons (Fsp3) is 0.219. The standard InChI is InChI=1S/C32H24Cl2F3IN2O5S/c1-3-43-23-14-17(13-22(38)27(23)45-16-19-7-5-6-8-21(19)34)15-24-29(41)40-26(18-9-11-20(33)12-10-18)25(30(42)44-4-2)28(32(35,36)37)39-31(40)46-24/h5-15,26H,3-4,16H2,1-2H3/b24-15-/t26-/m0/s1. The quantitative estimate of drug-likeness (QED) is 0.132. The van der Waals surface area contributed by atoms with Gasteiger partial charge in [-0.2, -0.15) is 13.2 Å². The molecule has 0 amide bonds. The minimum absolute atomic E-state index is 0.0901. The summed E-state index contributed by atoms with van der Waals surface area (Å²) < 4.78 is 61.9. The normalized spacial score (nSPS) is 15.0. The van der Waals surface area contributed by atoms with Gasteiger partial charge in [0, 0.05) is 15.6 Å². The number of carbonyl (C=O) groups excluding carboxylic acids is 1. The van der Waals surface area contributed by atoms with Gasteiger partial charge in [-0.15, -0.1) is 0 Å². The number of benzene rings is 3. The van der Waals surface area contributed by atoms with Gasteiger partial charge in [-0.05, 0) is 84.0 Å². The molecule has 0 fully saturated rings. The molecule has 4 aromatic rings. The molecule has 0 bridgehead atoms. The Bertz CT molecular complexity index is 2010. The number of carbonyl (C=O) groups is 1. The number of nitrogens with zero attached hydrogens (tertiary/aromatic N) is 2. The molecule has 1 atom stereocenters. The van der Waals surface area contributed by atoms with E-state index in [9.17, 15) is 22.8 Å². The van der Waals surface area contributed by atoms with Crippen LogP contribution in [0.3, 0.4) is 0 Å². The summed E-state index contributed by atoms with van der Waals surface area (Å²) in [7, 11) is 0. The maximum Gasteiger partial charge on any atom is 0.434 e. The third-order valence-electron chi connectivity index (χ3n) is 6.74. The lowest BCUT2D eigenvalue weighted by molar-refractivity contribution is -0.140. The van der Waals surface area contributed by atoms with Crippen molar-refractivity contribution in [2.45, 2.75) is 32.7 Å². The second-order valence-corrected chi connectivity index (χ2v) is 12.8. The lowest BCUT2D eigenvalue weighted by Gasteiger charge is -2.26. The Morgan fingerprint density at radius 2 is 1.78 bits per heavy atom. The second kappa shape index (κ2) is 14.2. The van der Waals surface area contributed by atoms with E-state index in [0.717, 1.165) is 21.5 Å². The first-order valence-electron chi connectivity index (χ1n) is 13.8. The van der Waals surface area contributed by atoms with Crippen molar-refractivity contribution in [2.24, 2.45) is 4.99 Å². The van der Waals surface area contributed by atoms with E-state index in [1.807, 2.05) is 25.1 Å². The van der Waals surface area contributed by atoms with Crippen molar-refractivity contribution < 1.29 is 32.2 Å². The van der Waals surface area contributed by atoms with Crippen molar-refractivity contribution in [2.75, 3.05) is 13.2 Å². The van der Waals surface area contributed by atoms with Gasteiger partial charge < -0.3 is 14.2 Å². The molecular formula is C32H24Cl2F3IN2O5S. The van der Waals surface area contributed by atoms with Crippen molar-refractivity contribution >= 4 is 69.2 Å². The molecule has 0 aliphatic carbocycles. The predicted octanol–water partition coefficient (Wildman–Crippen LogP) is 7.23. The Labute approximate surface area is 288 Å². The van der Waals surface area contributed by atoms with Gasteiger partial charge >= 0.3 is 12.1 Å². The average molecular weight is 803 g/mol. The number of alkyl halides is 3. The zero-order valence-electron chi connectivity index (χ0n) is 24.2. The lowest BCUT2D eigenvalue weighted by atomic mass is 9.95. The van der Waals surface area contributed by atoms with Crippen molar-refractivity contribution in [3.8, 4) is 11.5 Å². The van der Waals surface area contributed by atoms with Crippen LogP contribution in [0.2, 0.25) is 10.0 Å². The average Bonchev–Trinajstić information content (AvgIpc) is 3.31. The van der Waals surface area contributed by atoms with Crippen LogP contribution in [0.4, 0.5) is 13.2 Å². The molecule has 46 heavy (non-hydrogen) atoms. The Balaban J connectivity index is 1.65. The first-order chi connectivity index (χ1) is 21.9. The molecule has 0 radical (unpaired) electrons. The minimum atomic E-state index is -5.01. The molecule has 7 nitrogen and oxygen atoms in total. The molecule has 14 heteroatoms. The summed E-state index contributed by atoms with van der Waals surface area (Å²) in [5, 5.41) is 0.882. The minimum Gasteiger partial charge on any atom is -0.490 e. The zero-order chi connectivity index (χ0) is 33.2. The van der Waals surface area contributed by atoms with Gasteiger partial charge in [0.25, 0.3) is 5.56 Å². The van der Waals surface area contributed by atoms with Crippen molar-refractivity contribution in [3.63, 3.8) is 0 Å². The molecule has 3 aromatic carbocycles. The van der Waals surface area contributed by atoms with Crippen molar-refractivity contribution in [1.29, 1.82) is 0 Å². The topological polar surface area (TPSA) is 79.1 Å². The van der Waals surface area contributed by atoms with E-state index in [1.54, 1.807) is 18.2 Å². The zero-order valence-corrected chi connectivity index (χ0v) is 28.6. The SMILES string of the molecule is CCOC(=O)C1=C(C(F)(F)F)N=c2s/c(=C\c3cc(I)c(OCc4ccccc4Cl)c(OCC)c3)c(=O)n2[C@H]1c1ccc(Cl)cc1. The first kappa shape index (κ1) is 34.0. The highest BCUT2D eigenvalue weighted by molar-refractivity contribution is 14.1. The highest BCUT2D eigenvalue weighted by Gasteiger charge is 2.45. The van der Waals surface area contributed by atoms with Gasteiger partial charge in [-0.25, -0.2) is 9.79 Å². The third-order valence-corrected chi connectivity index (χ3v) is 9.14. The summed E-state index contributed by atoms with van der Waals surface area (Å²) in [6.07, 6.45) is -3.48. The van der Waals surface area contributed by atoms with Crippen LogP contribution in [0.15, 0.2) is 81.7 Å². The van der Waals surface area contributed by atoms with Crippen LogP contribution >= 0.6 is 57.1 Å². The number of allylic oxidation sites excluding steroid dienone is 1. The Morgan fingerprint density at radius 3 is 2.43 bits per heavy atom. The number of hydrogen-bond donors (Lipinski definition) is 0. The Kier molecular flexibility index (Phi) is 10.5. The highest BCUT2D eigenvalue weighted by atomic mass is 127. The number of esters is 1. The van der Waals surface area contributed by atoms with Crippen LogP contribution in [0.1, 0.15) is 36.6 Å². The van der Waals surface area contributed by atoms with Gasteiger partial charge in [0.2, 0.25) is 0 Å². The number of halogens is 6. The maximum atomic E-state index is 14.4. The van der Waals surface area contributed by atoms with E-state index in [0.29, 0.717) is 37.3 Å². The summed E-state index contributed by atoms with van der Waals surface area (Å²) in [6.45, 7) is 3.61. The van der Waals surface area contributed by atoms with Crippen LogP contribution in [0.25, 0.3) is 6.08 Å². The molecule has 0 saturated carbocycles. The van der Waals surface area contributed by atoms with Crippen LogP contribution in [-0.2, 0) is 16.1 Å². The summed E-state index contributed by atoms with van der Waals surface area (Å²) in [4.78, 5) is 30.5.